The summed E-state index contributed by atoms with van der Waals surface area (Å²) < 4.78 is 7.86. The molecular formula is C31H19N4O2Pt-. The van der Waals surface area contributed by atoms with E-state index in [4.69, 9.17) is 14.7 Å². The van der Waals surface area contributed by atoms with Crippen molar-refractivity contribution in [1.82, 2.24) is 19.5 Å². The van der Waals surface area contributed by atoms with Gasteiger partial charge in [-0.3, -0.25) is 4.98 Å². The fourth-order valence-electron chi connectivity index (χ4n) is 4.59. The average Bonchev–Trinajstić information content (AvgIpc) is 3.28. The molecule has 0 aliphatic rings. The Bertz CT molecular complexity index is 1950. The van der Waals surface area contributed by atoms with Crippen molar-refractivity contribution in [2.75, 3.05) is 0 Å². The van der Waals surface area contributed by atoms with Crippen molar-refractivity contribution >= 4 is 32.7 Å². The molecule has 1 N–H and O–H groups in total. The summed E-state index contributed by atoms with van der Waals surface area (Å²) in [6, 6.07) is 38.2. The van der Waals surface area contributed by atoms with Crippen molar-refractivity contribution < 1.29 is 30.9 Å². The van der Waals surface area contributed by atoms with E-state index in [1.807, 2.05) is 103 Å². The molecule has 186 valence electrons. The van der Waals surface area contributed by atoms with E-state index >= 15 is 0 Å². The predicted octanol–water partition coefficient (Wildman–Crippen LogP) is 7.08. The van der Waals surface area contributed by atoms with Gasteiger partial charge in [-0.15, -0.1) is 23.8 Å². The number of nitrogens with zero attached hydrogens (tertiary/aromatic N) is 4. The van der Waals surface area contributed by atoms with Gasteiger partial charge in [-0.05, 0) is 34.7 Å². The van der Waals surface area contributed by atoms with Crippen molar-refractivity contribution in [1.29, 1.82) is 0 Å². The number of imidazole rings is 1. The van der Waals surface area contributed by atoms with Gasteiger partial charge in [0.15, 0.2) is 5.82 Å². The van der Waals surface area contributed by atoms with Crippen LogP contribution in [0, 0.1) is 6.07 Å². The van der Waals surface area contributed by atoms with Crippen LogP contribution in [0.5, 0.6) is 17.6 Å². The summed E-state index contributed by atoms with van der Waals surface area (Å²) in [6.07, 6.45) is 0. The summed E-state index contributed by atoms with van der Waals surface area (Å²) in [6.45, 7) is 0. The molecule has 0 fully saturated rings. The molecule has 0 amide bonds. The van der Waals surface area contributed by atoms with E-state index in [1.54, 1.807) is 4.57 Å². The molecule has 6 nitrogen and oxygen atoms in total. The van der Waals surface area contributed by atoms with Gasteiger partial charge in [0.1, 0.15) is 0 Å². The second-order valence-corrected chi connectivity index (χ2v) is 8.66. The van der Waals surface area contributed by atoms with Crippen LogP contribution in [0.3, 0.4) is 0 Å². The second-order valence-electron chi connectivity index (χ2n) is 8.66. The fraction of sp³-hybridized carbons (Fsp3) is 0. The minimum absolute atomic E-state index is 0. The Morgan fingerprint density at radius 2 is 1.45 bits per heavy atom. The normalized spacial score (nSPS) is 11.1. The Morgan fingerprint density at radius 3 is 2.34 bits per heavy atom. The van der Waals surface area contributed by atoms with Crippen molar-refractivity contribution in [3.8, 4) is 34.7 Å². The first-order valence-corrected chi connectivity index (χ1v) is 11.9. The van der Waals surface area contributed by atoms with E-state index in [9.17, 15) is 5.11 Å². The van der Waals surface area contributed by atoms with Gasteiger partial charge in [0.25, 0.3) is 0 Å². The number of benzene rings is 4. The molecule has 0 radical (unpaired) electrons. The molecule has 38 heavy (non-hydrogen) atoms. The maximum absolute atomic E-state index is 10.7. The number of aromatic nitrogens is 4. The third-order valence-electron chi connectivity index (χ3n) is 6.31. The van der Waals surface area contributed by atoms with Crippen LogP contribution in [0.1, 0.15) is 0 Å². The molecule has 4 aromatic carbocycles. The van der Waals surface area contributed by atoms with Gasteiger partial charge in [0, 0.05) is 38.3 Å². The number of ether oxygens (including phenoxy) is 1. The summed E-state index contributed by atoms with van der Waals surface area (Å²) >= 11 is 0. The van der Waals surface area contributed by atoms with Crippen molar-refractivity contribution in [2.45, 2.75) is 0 Å². The average molecular weight is 675 g/mol. The van der Waals surface area contributed by atoms with E-state index in [-0.39, 0.29) is 27.1 Å². The first-order chi connectivity index (χ1) is 18.2. The summed E-state index contributed by atoms with van der Waals surface area (Å²) in [7, 11) is 0. The van der Waals surface area contributed by atoms with Gasteiger partial charge < -0.3 is 9.84 Å². The van der Waals surface area contributed by atoms with Crippen LogP contribution in [-0.4, -0.2) is 24.6 Å². The first kappa shape index (κ1) is 23.8. The van der Waals surface area contributed by atoms with Gasteiger partial charge in [0.2, 0.25) is 5.88 Å². The largest absolute Gasteiger partial charge is 0.480 e. The summed E-state index contributed by atoms with van der Waals surface area (Å²) in [5.74, 6) is 1.43. The number of hydrogen-bond acceptors (Lipinski definition) is 5. The van der Waals surface area contributed by atoms with E-state index in [0.29, 0.717) is 23.0 Å². The maximum Gasteiger partial charge on any atom is 0.300 e. The second kappa shape index (κ2) is 9.73. The third-order valence-corrected chi connectivity index (χ3v) is 6.31. The molecule has 3 aromatic heterocycles. The van der Waals surface area contributed by atoms with Crippen LogP contribution in [0.25, 0.3) is 49.8 Å². The van der Waals surface area contributed by atoms with Crippen LogP contribution >= 0.6 is 0 Å². The Balaban J connectivity index is 0.00000264. The van der Waals surface area contributed by atoms with E-state index in [0.717, 1.165) is 38.4 Å². The minimum atomic E-state index is -0.132. The predicted molar refractivity (Wildman–Crippen MR) is 144 cm³/mol. The molecule has 0 saturated heterocycles. The molecule has 7 heteroatoms. The monoisotopic (exact) mass is 674 g/mol. The Hall–Kier alpha value is -4.54. The van der Waals surface area contributed by atoms with Crippen LogP contribution in [0.15, 0.2) is 109 Å². The summed E-state index contributed by atoms with van der Waals surface area (Å²) in [5.41, 5.74) is 3.99. The molecule has 3 heterocycles. The number of fused-ring (bicyclic) bond motifs is 3. The van der Waals surface area contributed by atoms with Gasteiger partial charge >= 0.3 is 6.01 Å². The molecule has 7 aromatic rings. The third kappa shape index (κ3) is 4.19. The van der Waals surface area contributed by atoms with E-state index < -0.39 is 0 Å². The Morgan fingerprint density at radius 1 is 0.684 bits per heavy atom. The number of hydrogen-bond donors (Lipinski definition) is 1. The number of para-hydroxylation sites is 3. The molecular weight excluding hydrogens is 655 g/mol. The van der Waals surface area contributed by atoms with Gasteiger partial charge in [0.05, 0.1) is 16.6 Å². The molecule has 0 spiro atoms. The van der Waals surface area contributed by atoms with E-state index in [1.165, 1.54) is 0 Å². The first-order valence-electron chi connectivity index (χ1n) is 11.9. The summed E-state index contributed by atoms with van der Waals surface area (Å²) in [4.78, 5) is 13.9. The van der Waals surface area contributed by atoms with Crippen LogP contribution < -0.4 is 4.74 Å². The summed E-state index contributed by atoms with van der Waals surface area (Å²) in [5, 5.41) is 13.6. The van der Waals surface area contributed by atoms with Crippen LogP contribution in [0.4, 0.5) is 0 Å². The zero-order chi connectivity index (χ0) is 24.8. The van der Waals surface area contributed by atoms with E-state index in [2.05, 4.69) is 17.1 Å². The zero-order valence-corrected chi connectivity index (χ0v) is 22.1. The standard InChI is InChI=1S/C31H19N4O2.Pt/c36-31-33-27-14-5-6-15-28(27)35(31)30-24-12-3-1-9-21(24)19-29(34-30)37-23-11-7-10-22(18-23)26-17-16-20-8-2-4-13-25(20)32-26;/h1-17,19H,(H,33,36);/q-1;. The number of rotatable bonds is 4. The van der Waals surface area contributed by atoms with Crippen molar-refractivity contribution in [3.63, 3.8) is 0 Å². The number of pyridine rings is 2. The Kier molecular flexibility index (Phi) is 6.10. The smallest absolute Gasteiger partial charge is 0.300 e. The molecule has 0 bridgehead atoms. The molecule has 0 aliphatic heterocycles. The maximum atomic E-state index is 10.7. The van der Waals surface area contributed by atoms with Crippen molar-refractivity contribution in [2.24, 2.45) is 0 Å². The quantitative estimate of drug-likeness (QED) is 0.202. The molecule has 0 atom stereocenters. The van der Waals surface area contributed by atoms with Gasteiger partial charge in [-0.25, -0.2) is 4.57 Å². The topological polar surface area (TPSA) is 73.1 Å². The van der Waals surface area contributed by atoms with Crippen LogP contribution in [0.2, 0.25) is 0 Å². The van der Waals surface area contributed by atoms with Gasteiger partial charge in [-0.1, -0.05) is 72.8 Å². The zero-order valence-electron chi connectivity index (χ0n) is 19.9. The van der Waals surface area contributed by atoms with Crippen molar-refractivity contribution in [3.05, 3.63) is 115 Å². The molecule has 0 aliphatic carbocycles. The fourth-order valence-corrected chi connectivity index (χ4v) is 4.59. The SMILES string of the molecule is Oc1nc2ccccc2n1-c1nc(Oc2[c-]c(-c3ccc4ccccc4n3)ccc2)cc2ccccc12.[Pt]. The molecule has 0 saturated carbocycles. The Labute approximate surface area is 232 Å². The molecule has 0 unspecified atom stereocenters. The minimum Gasteiger partial charge on any atom is -0.480 e. The van der Waals surface area contributed by atoms with Gasteiger partial charge in [-0.2, -0.15) is 9.97 Å². The van der Waals surface area contributed by atoms with Crippen LogP contribution in [-0.2, 0) is 21.1 Å². The number of aromatic hydroxyl groups is 1. The molecule has 7 rings (SSSR count).